The van der Waals surface area contributed by atoms with Gasteiger partial charge in [-0.2, -0.15) is 0 Å². The first-order valence-electron chi connectivity index (χ1n) is 8.82. The summed E-state index contributed by atoms with van der Waals surface area (Å²) in [5.74, 6) is 0.846. The Labute approximate surface area is 166 Å². The minimum absolute atomic E-state index is 0.130. The van der Waals surface area contributed by atoms with Crippen molar-refractivity contribution in [2.75, 3.05) is 5.32 Å². The van der Waals surface area contributed by atoms with Crippen LogP contribution in [0.25, 0.3) is 0 Å². The van der Waals surface area contributed by atoms with Crippen LogP contribution in [0.2, 0.25) is 0 Å². The summed E-state index contributed by atoms with van der Waals surface area (Å²) in [5, 5.41) is 12.2. The van der Waals surface area contributed by atoms with E-state index in [-0.39, 0.29) is 5.91 Å². The van der Waals surface area contributed by atoms with Crippen LogP contribution in [0.5, 0.6) is 11.5 Å². The number of hydrogen-bond acceptors (Lipinski definition) is 6. The molecule has 0 radical (unpaired) electrons. The number of benzene rings is 2. The molecule has 0 fully saturated rings. The van der Waals surface area contributed by atoms with E-state index in [0.717, 1.165) is 21.9 Å². The Balaban J connectivity index is 1.61. The second-order valence-electron chi connectivity index (χ2n) is 6.31. The van der Waals surface area contributed by atoms with Crippen LogP contribution < -0.4 is 10.1 Å². The number of rotatable bonds is 5. The molecule has 0 aliphatic carbocycles. The molecule has 7 heteroatoms. The number of aromatic nitrogens is 2. The number of hydrogen-bond donors (Lipinski definition) is 1. The van der Waals surface area contributed by atoms with E-state index in [1.165, 1.54) is 11.3 Å². The molecule has 0 spiro atoms. The molecule has 1 aliphatic heterocycles. The van der Waals surface area contributed by atoms with Crippen LogP contribution in [0.3, 0.4) is 0 Å². The van der Waals surface area contributed by atoms with Gasteiger partial charge in [0.2, 0.25) is 11.0 Å². The molecular formula is C20H19N3O2S2. The third kappa shape index (κ3) is 3.70. The average Bonchev–Trinajstić information content (AvgIpc) is 3.12. The molecule has 1 unspecified atom stereocenters. The highest BCUT2D eigenvalue weighted by Crippen LogP contribution is 2.44. The molecule has 3 aromatic rings. The first-order chi connectivity index (χ1) is 13.2. The van der Waals surface area contributed by atoms with Crippen molar-refractivity contribution in [1.29, 1.82) is 0 Å². The lowest BCUT2D eigenvalue weighted by atomic mass is 9.87. The van der Waals surface area contributed by atoms with E-state index >= 15 is 0 Å². The average molecular weight is 398 g/mol. The van der Waals surface area contributed by atoms with Crippen LogP contribution >= 0.6 is 23.1 Å². The SMILES string of the molecule is CCC(C)Sc1nnc(NC(=O)C2c3ccccc3Oc3ccccc32)s1. The molecule has 1 amide bonds. The number of ether oxygens (including phenoxy) is 1. The standard InChI is InChI=1S/C20H19N3O2S2/c1-3-12(2)26-20-23-22-19(27-20)21-18(24)17-13-8-4-6-10-15(13)25-16-11-7-5-9-14(16)17/h4-12,17H,3H2,1-2H3,(H,21,22,24). The molecule has 2 aromatic carbocycles. The van der Waals surface area contributed by atoms with Crippen molar-refractivity contribution in [2.24, 2.45) is 0 Å². The van der Waals surface area contributed by atoms with Gasteiger partial charge in [-0.1, -0.05) is 73.3 Å². The van der Waals surface area contributed by atoms with Gasteiger partial charge in [-0.05, 0) is 18.6 Å². The van der Waals surface area contributed by atoms with E-state index in [4.69, 9.17) is 4.74 Å². The van der Waals surface area contributed by atoms with Gasteiger partial charge in [-0.25, -0.2) is 0 Å². The molecule has 0 saturated carbocycles. The first-order valence-corrected chi connectivity index (χ1v) is 10.5. The summed E-state index contributed by atoms with van der Waals surface area (Å²) in [7, 11) is 0. The van der Waals surface area contributed by atoms with E-state index in [9.17, 15) is 4.79 Å². The van der Waals surface area contributed by atoms with Gasteiger partial charge in [0.15, 0.2) is 4.34 Å². The van der Waals surface area contributed by atoms with Crippen molar-refractivity contribution in [3.63, 3.8) is 0 Å². The molecule has 138 valence electrons. The van der Waals surface area contributed by atoms with Crippen LogP contribution in [0.1, 0.15) is 37.3 Å². The van der Waals surface area contributed by atoms with Crippen LogP contribution in [-0.2, 0) is 4.79 Å². The topological polar surface area (TPSA) is 64.1 Å². The highest BCUT2D eigenvalue weighted by Gasteiger charge is 2.32. The third-order valence-electron chi connectivity index (χ3n) is 4.46. The van der Waals surface area contributed by atoms with Crippen molar-refractivity contribution in [3.8, 4) is 11.5 Å². The number of nitrogens with one attached hydrogen (secondary N) is 1. The summed E-state index contributed by atoms with van der Waals surface area (Å²) in [4.78, 5) is 13.1. The summed E-state index contributed by atoms with van der Waals surface area (Å²) in [6.07, 6.45) is 1.06. The number of thioether (sulfide) groups is 1. The Bertz CT molecular complexity index is 928. The fourth-order valence-electron chi connectivity index (χ4n) is 2.93. The number of nitrogens with zero attached hydrogens (tertiary/aromatic N) is 2. The minimum atomic E-state index is -0.444. The highest BCUT2D eigenvalue weighted by atomic mass is 32.2. The number of carbonyl (C=O) groups is 1. The molecule has 4 rings (SSSR count). The van der Waals surface area contributed by atoms with Crippen molar-refractivity contribution in [1.82, 2.24) is 10.2 Å². The maximum atomic E-state index is 13.1. The normalized spacial score (nSPS) is 14.0. The number of amides is 1. The second kappa shape index (κ2) is 7.70. The van der Waals surface area contributed by atoms with E-state index in [1.54, 1.807) is 11.8 Å². The van der Waals surface area contributed by atoms with Gasteiger partial charge >= 0.3 is 0 Å². The molecular weight excluding hydrogens is 378 g/mol. The van der Waals surface area contributed by atoms with E-state index in [1.807, 2.05) is 48.5 Å². The minimum Gasteiger partial charge on any atom is -0.457 e. The predicted octanol–water partition coefficient (Wildman–Crippen LogP) is 5.31. The van der Waals surface area contributed by atoms with Gasteiger partial charge in [0.05, 0.1) is 5.92 Å². The summed E-state index contributed by atoms with van der Waals surface area (Å²) in [5.41, 5.74) is 1.71. The van der Waals surface area contributed by atoms with Gasteiger partial charge in [0.25, 0.3) is 0 Å². The second-order valence-corrected chi connectivity index (χ2v) is 8.97. The van der Waals surface area contributed by atoms with Crippen LogP contribution in [0.4, 0.5) is 5.13 Å². The van der Waals surface area contributed by atoms with Crippen molar-refractivity contribution in [2.45, 2.75) is 35.8 Å². The zero-order chi connectivity index (χ0) is 18.8. The molecule has 2 heterocycles. The largest absolute Gasteiger partial charge is 0.457 e. The predicted molar refractivity (Wildman–Crippen MR) is 109 cm³/mol. The third-order valence-corrected chi connectivity index (χ3v) is 6.65. The summed E-state index contributed by atoms with van der Waals surface area (Å²) in [6.45, 7) is 4.29. The van der Waals surface area contributed by atoms with E-state index < -0.39 is 5.92 Å². The molecule has 0 bridgehead atoms. The maximum absolute atomic E-state index is 13.1. The smallest absolute Gasteiger partial charge is 0.238 e. The lowest BCUT2D eigenvalue weighted by Crippen LogP contribution is -2.25. The lowest BCUT2D eigenvalue weighted by Gasteiger charge is -2.27. The Kier molecular flexibility index (Phi) is 5.13. The number of para-hydroxylation sites is 2. The Morgan fingerprint density at radius 2 is 1.78 bits per heavy atom. The summed E-state index contributed by atoms with van der Waals surface area (Å²) in [6, 6.07) is 15.3. The van der Waals surface area contributed by atoms with Gasteiger partial charge in [0, 0.05) is 16.4 Å². The molecule has 1 aliphatic rings. The first kappa shape index (κ1) is 18.0. The molecule has 1 N–H and O–H groups in total. The molecule has 1 aromatic heterocycles. The lowest BCUT2D eigenvalue weighted by molar-refractivity contribution is -0.116. The molecule has 1 atom stereocenters. The number of anilines is 1. The molecule has 5 nitrogen and oxygen atoms in total. The Morgan fingerprint density at radius 3 is 2.41 bits per heavy atom. The van der Waals surface area contributed by atoms with Crippen LogP contribution in [0.15, 0.2) is 52.9 Å². The van der Waals surface area contributed by atoms with E-state index in [0.29, 0.717) is 21.9 Å². The number of carbonyl (C=O) groups excluding carboxylic acids is 1. The van der Waals surface area contributed by atoms with Crippen molar-refractivity contribution < 1.29 is 9.53 Å². The van der Waals surface area contributed by atoms with Gasteiger partial charge in [-0.15, -0.1) is 10.2 Å². The quantitative estimate of drug-likeness (QED) is 0.467. The van der Waals surface area contributed by atoms with E-state index in [2.05, 4.69) is 29.4 Å². The summed E-state index contributed by atoms with van der Waals surface area (Å²) < 4.78 is 6.83. The zero-order valence-corrected chi connectivity index (χ0v) is 16.6. The fourth-order valence-corrected chi connectivity index (χ4v) is 4.93. The van der Waals surface area contributed by atoms with Crippen molar-refractivity contribution >= 4 is 34.1 Å². The van der Waals surface area contributed by atoms with Crippen LogP contribution in [0, 0.1) is 0 Å². The number of fused-ring (bicyclic) bond motifs is 2. The van der Waals surface area contributed by atoms with Gasteiger partial charge in [-0.3, -0.25) is 10.1 Å². The maximum Gasteiger partial charge on any atom is 0.238 e. The van der Waals surface area contributed by atoms with Crippen molar-refractivity contribution in [3.05, 3.63) is 59.7 Å². The van der Waals surface area contributed by atoms with Gasteiger partial charge < -0.3 is 4.74 Å². The molecule has 27 heavy (non-hydrogen) atoms. The fraction of sp³-hybridized carbons (Fsp3) is 0.250. The monoisotopic (exact) mass is 397 g/mol. The Hall–Kier alpha value is -2.38. The highest BCUT2D eigenvalue weighted by molar-refractivity contribution is 8.01. The Morgan fingerprint density at radius 1 is 1.15 bits per heavy atom. The van der Waals surface area contributed by atoms with Gasteiger partial charge in [0.1, 0.15) is 11.5 Å². The molecule has 0 saturated heterocycles. The summed E-state index contributed by atoms with van der Waals surface area (Å²) >= 11 is 3.09. The zero-order valence-electron chi connectivity index (χ0n) is 15.0. The van der Waals surface area contributed by atoms with Crippen LogP contribution in [-0.4, -0.2) is 21.4 Å².